The first kappa shape index (κ1) is 10.6. The van der Waals surface area contributed by atoms with Gasteiger partial charge in [-0.25, -0.2) is 0 Å². The van der Waals surface area contributed by atoms with Crippen molar-refractivity contribution in [3.8, 4) is 0 Å². The van der Waals surface area contributed by atoms with Crippen LogP contribution in [0.1, 0.15) is 18.2 Å². The Morgan fingerprint density at radius 3 is 2.73 bits per heavy atom. The molecule has 84 valence electrons. The second-order valence-corrected chi connectivity index (χ2v) is 4.71. The number of hydrogen-bond donors (Lipinski definition) is 1. The van der Waals surface area contributed by atoms with Crippen molar-refractivity contribution in [2.75, 3.05) is 13.1 Å². The van der Waals surface area contributed by atoms with E-state index < -0.39 is 0 Å². The lowest BCUT2D eigenvalue weighted by molar-refractivity contribution is 0.318. The molecule has 0 spiro atoms. The van der Waals surface area contributed by atoms with Gasteiger partial charge in [-0.3, -0.25) is 9.58 Å². The largest absolute Gasteiger partial charge is 0.326 e. The van der Waals surface area contributed by atoms with Gasteiger partial charge in [0.05, 0.1) is 6.20 Å². The summed E-state index contributed by atoms with van der Waals surface area (Å²) in [5.74, 6) is 0.613. The van der Waals surface area contributed by atoms with Crippen molar-refractivity contribution in [2.24, 2.45) is 18.7 Å². The molecule has 0 amide bonds. The van der Waals surface area contributed by atoms with Crippen molar-refractivity contribution in [2.45, 2.75) is 26.4 Å². The third-order valence-electron chi connectivity index (χ3n) is 3.48. The summed E-state index contributed by atoms with van der Waals surface area (Å²) >= 11 is 0. The maximum Gasteiger partial charge on any atom is 0.0537 e. The van der Waals surface area contributed by atoms with E-state index in [-0.39, 0.29) is 0 Å². The molecule has 2 rings (SSSR count). The summed E-state index contributed by atoms with van der Waals surface area (Å²) in [6.07, 6.45) is 1.96. The van der Waals surface area contributed by atoms with Crippen molar-refractivity contribution in [1.29, 1.82) is 0 Å². The molecule has 0 aromatic carbocycles. The fourth-order valence-corrected chi connectivity index (χ4v) is 2.16. The molecule has 2 unspecified atom stereocenters. The van der Waals surface area contributed by atoms with Crippen LogP contribution in [0.4, 0.5) is 0 Å². The summed E-state index contributed by atoms with van der Waals surface area (Å²) in [6, 6.07) is 0.335. The number of nitrogens with zero attached hydrogens (tertiary/aromatic N) is 3. The first-order valence-corrected chi connectivity index (χ1v) is 5.53. The molecule has 2 atom stereocenters. The number of likely N-dealkylation sites (tertiary alicyclic amines) is 1. The van der Waals surface area contributed by atoms with E-state index in [9.17, 15) is 0 Å². The van der Waals surface area contributed by atoms with Gasteiger partial charge in [-0.2, -0.15) is 5.10 Å². The Hall–Kier alpha value is -0.870. The van der Waals surface area contributed by atoms with Gasteiger partial charge in [-0.15, -0.1) is 0 Å². The van der Waals surface area contributed by atoms with Gasteiger partial charge in [0.15, 0.2) is 0 Å². The summed E-state index contributed by atoms with van der Waals surface area (Å²) in [7, 11) is 1.98. The molecule has 15 heavy (non-hydrogen) atoms. The molecule has 1 aliphatic rings. The average molecular weight is 208 g/mol. The molecule has 0 saturated carbocycles. The van der Waals surface area contributed by atoms with Crippen LogP contribution >= 0.6 is 0 Å². The van der Waals surface area contributed by atoms with Crippen LogP contribution in [0.25, 0.3) is 0 Å². The van der Waals surface area contributed by atoms with Gasteiger partial charge >= 0.3 is 0 Å². The van der Waals surface area contributed by atoms with Crippen molar-refractivity contribution in [3.63, 3.8) is 0 Å². The number of rotatable bonds is 2. The molecule has 1 aromatic heterocycles. The smallest absolute Gasteiger partial charge is 0.0537 e. The SMILES string of the molecule is Cc1c(CN2CC(C)C(N)C2)cnn1C. The fraction of sp³-hybridized carbons (Fsp3) is 0.727. The van der Waals surface area contributed by atoms with E-state index in [4.69, 9.17) is 5.73 Å². The van der Waals surface area contributed by atoms with Gasteiger partial charge in [-0.05, 0) is 12.8 Å². The maximum atomic E-state index is 6.00. The zero-order valence-electron chi connectivity index (χ0n) is 9.77. The summed E-state index contributed by atoms with van der Waals surface area (Å²) in [4.78, 5) is 2.42. The van der Waals surface area contributed by atoms with Crippen LogP contribution in [0.2, 0.25) is 0 Å². The highest BCUT2D eigenvalue weighted by molar-refractivity contribution is 5.15. The molecule has 2 N–H and O–H groups in total. The van der Waals surface area contributed by atoms with E-state index in [0.29, 0.717) is 12.0 Å². The first-order chi connectivity index (χ1) is 7.08. The molecule has 1 aliphatic heterocycles. The van der Waals surface area contributed by atoms with Gasteiger partial charge in [-0.1, -0.05) is 6.92 Å². The van der Waals surface area contributed by atoms with E-state index in [1.165, 1.54) is 11.3 Å². The van der Waals surface area contributed by atoms with E-state index in [1.807, 2.05) is 17.9 Å². The molecule has 1 aromatic rings. The van der Waals surface area contributed by atoms with Crippen LogP contribution in [0, 0.1) is 12.8 Å². The molecule has 1 fully saturated rings. The Labute approximate surface area is 91.1 Å². The lowest BCUT2D eigenvalue weighted by Crippen LogP contribution is -2.28. The Morgan fingerprint density at radius 1 is 1.53 bits per heavy atom. The van der Waals surface area contributed by atoms with E-state index in [1.54, 1.807) is 0 Å². The van der Waals surface area contributed by atoms with Gasteiger partial charge in [0, 0.05) is 44.0 Å². The van der Waals surface area contributed by atoms with Gasteiger partial charge in [0.2, 0.25) is 0 Å². The number of nitrogens with two attached hydrogens (primary N) is 1. The highest BCUT2D eigenvalue weighted by Gasteiger charge is 2.26. The maximum absolute atomic E-state index is 6.00. The molecule has 2 heterocycles. The van der Waals surface area contributed by atoms with Crippen molar-refractivity contribution < 1.29 is 0 Å². The van der Waals surface area contributed by atoms with E-state index in [0.717, 1.165) is 19.6 Å². The number of aryl methyl sites for hydroxylation is 1. The summed E-state index contributed by atoms with van der Waals surface area (Å²) in [6.45, 7) is 7.44. The topological polar surface area (TPSA) is 47.1 Å². The lowest BCUT2D eigenvalue weighted by Gasteiger charge is -2.14. The zero-order chi connectivity index (χ0) is 11.0. The Bertz CT molecular complexity index is 334. The summed E-state index contributed by atoms with van der Waals surface area (Å²) in [5.41, 5.74) is 8.57. The number of aromatic nitrogens is 2. The standard InChI is InChI=1S/C11H20N4/c1-8-5-15(7-11(8)12)6-10-4-13-14(3)9(10)2/h4,8,11H,5-7,12H2,1-3H3. The van der Waals surface area contributed by atoms with Crippen LogP contribution in [-0.2, 0) is 13.6 Å². The van der Waals surface area contributed by atoms with Crippen molar-refractivity contribution >= 4 is 0 Å². The molecular formula is C11H20N4. The average Bonchev–Trinajstić information content (AvgIpc) is 2.65. The predicted octanol–water partition coefficient (Wildman–Crippen LogP) is 0.508. The second kappa shape index (κ2) is 3.94. The van der Waals surface area contributed by atoms with Gasteiger partial charge < -0.3 is 5.73 Å². The fourth-order valence-electron chi connectivity index (χ4n) is 2.16. The minimum atomic E-state index is 0.335. The quantitative estimate of drug-likeness (QED) is 0.770. The lowest BCUT2D eigenvalue weighted by atomic mass is 10.1. The van der Waals surface area contributed by atoms with Gasteiger partial charge in [0.25, 0.3) is 0 Å². The minimum absolute atomic E-state index is 0.335. The molecule has 1 saturated heterocycles. The monoisotopic (exact) mass is 208 g/mol. The number of hydrogen-bond acceptors (Lipinski definition) is 3. The second-order valence-electron chi connectivity index (χ2n) is 4.71. The molecule has 4 heteroatoms. The van der Waals surface area contributed by atoms with Gasteiger partial charge in [0.1, 0.15) is 0 Å². The van der Waals surface area contributed by atoms with Crippen LogP contribution < -0.4 is 5.73 Å². The first-order valence-electron chi connectivity index (χ1n) is 5.53. The normalized spacial score (nSPS) is 27.5. The Morgan fingerprint density at radius 2 is 2.27 bits per heavy atom. The molecule has 0 bridgehead atoms. The van der Waals surface area contributed by atoms with E-state index >= 15 is 0 Å². The van der Waals surface area contributed by atoms with Crippen LogP contribution in [0.5, 0.6) is 0 Å². The minimum Gasteiger partial charge on any atom is -0.326 e. The van der Waals surface area contributed by atoms with Crippen LogP contribution in [-0.4, -0.2) is 33.8 Å². The van der Waals surface area contributed by atoms with E-state index in [2.05, 4.69) is 23.8 Å². The highest BCUT2D eigenvalue weighted by Crippen LogP contribution is 2.18. The molecule has 4 nitrogen and oxygen atoms in total. The van der Waals surface area contributed by atoms with Crippen LogP contribution in [0.3, 0.4) is 0 Å². The molecular weight excluding hydrogens is 188 g/mol. The summed E-state index contributed by atoms with van der Waals surface area (Å²) < 4.78 is 1.93. The highest BCUT2D eigenvalue weighted by atomic mass is 15.3. The molecule has 0 radical (unpaired) electrons. The Kier molecular flexibility index (Phi) is 2.80. The summed E-state index contributed by atoms with van der Waals surface area (Å²) in [5, 5.41) is 4.26. The predicted molar refractivity (Wildman–Crippen MR) is 60.4 cm³/mol. The Balaban J connectivity index is 2.01. The third kappa shape index (κ3) is 2.06. The van der Waals surface area contributed by atoms with Crippen molar-refractivity contribution in [3.05, 3.63) is 17.5 Å². The zero-order valence-corrected chi connectivity index (χ0v) is 9.77. The third-order valence-corrected chi connectivity index (χ3v) is 3.48. The van der Waals surface area contributed by atoms with Crippen LogP contribution in [0.15, 0.2) is 6.20 Å². The molecule has 0 aliphatic carbocycles. The van der Waals surface area contributed by atoms with Crippen molar-refractivity contribution in [1.82, 2.24) is 14.7 Å².